The van der Waals surface area contributed by atoms with Gasteiger partial charge in [-0.15, -0.1) is 0 Å². The Morgan fingerprint density at radius 1 is 0.925 bits per heavy atom. The Bertz CT molecular complexity index is 1480. The zero-order valence-corrected chi connectivity index (χ0v) is 24.8. The van der Waals surface area contributed by atoms with Gasteiger partial charge in [-0.3, -0.25) is 14.4 Å². The molecule has 0 spiro atoms. The minimum atomic E-state index is -3.96. The molecule has 0 fully saturated rings. The van der Waals surface area contributed by atoms with Gasteiger partial charge in [-0.1, -0.05) is 70.5 Å². The second-order valence-corrected chi connectivity index (χ2v) is 12.7. The van der Waals surface area contributed by atoms with Gasteiger partial charge in [0.2, 0.25) is 11.8 Å². The summed E-state index contributed by atoms with van der Waals surface area (Å²) < 4.78 is 27.6. The number of nitrogens with one attached hydrogen (secondary N) is 1. The largest absolute Gasteiger partial charge is 0.352 e. The lowest BCUT2D eigenvalue weighted by Gasteiger charge is -2.32. The van der Waals surface area contributed by atoms with Crippen molar-refractivity contribution in [1.82, 2.24) is 14.5 Å². The van der Waals surface area contributed by atoms with Crippen LogP contribution in [-0.2, 0) is 32.6 Å². The van der Waals surface area contributed by atoms with Crippen LogP contribution in [0, 0.1) is 0 Å². The fourth-order valence-corrected chi connectivity index (χ4v) is 6.56. The van der Waals surface area contributed by atoms with Gasteiger partial charge in [0.1, 0.15) is 10.9 Å². The van der Waals surface area contributed by atoms with Crippen molar-refractivity contribution in [2.75, 3.05) is 6.54 Å². The first-order chi connectivity index (χ1) is 19.1. The van der Waals surface area contributed by atoms with E-state index in [4.69, 9.17) is 0 Å². The maximum Gasteiger partial charge on any atom is 0.269 e. The van der Waals surface area contributed by atoms with Crippen LogP contribution in [0.4, 0.5) is 0 Å². The van der Waals surface area contributed by atoms with Crippen molar-refractivity contribution in [2.24, 2.45) is 0 Å². The van der Waals surface area contributed by atoms with Crippen molar-refractivity contribution < 1.29 is 22.8 Å². The number of rotatable bonds is 11. The van der Waals surface area contributed by atoms with Gasteiger partial charge in [0, 0.05) is 36.4 Å². The van der Waals surface area contributed by atoms with Crippen LogP contribution in [0.3, 0.4) is 0 Å². The summed E-state index contributed by atoms with van der Waals surface area (Å²) in [5.74, 6) is -1.16. The normalized spacial score (nSPS) is 14.6. The number of carbonyl (C=O) groups excluding carboxylic acids is 3. The second-order valence-electron chi connectivity index (χ2n) is 10.00. The van der Waals surface area contributed by atoms with Gasteiger partial charge in [0.25, 0.3) is 15.9 Å². The van der Waals surface area contributed by atoms with Crippen LogP contribution < -0.4 is 5.32 Å². The Balaban J connectivity index is 1.56. The van der Waals surface area contributed by atoms with Crippen LogP contribution in [0.5, 0.6) is 0 Å². The first-order valence-corrected chi connectivity index (χ1v) is 15.4. The number of hydrogen-bond acceptors (Lipinski definition) is 5. The van der Waals surface area contributed by atoms with Crippen LogP contribution in [0.15, 0.2) is 88.2 Å². The standard InChI is InChI=1S/C30H32BrN3O5S/c1-21(2)32-29(36)26(19-22-9-4-3-5-10-22)33(20-23-14-16-24(31)17-15-23)28(35)13-8-18-34-30(37)25-11-6-7-12-27(25)40(34,38)39/h3-7,9-12,14-17,21,26H,8,13,18-20H2,1-2H3,(H,32,36)/t26-/m0/s1. The quantitative estimate of drug-likeness (QED) is 0.337. The van der Waals surface area contributed by atoms with Gasteiger partial charge in [0.15, 0.2) is 0 Å². The molecule has 0 aromatic heterocycles. The summed E-state index contributed by atoms with van der Waals surface area (Å²) in [7, 11) is -3.96. The number of halogens is 1. The van der Waals surface area contributed by atoms with E-state index >= 15 is 0 Å². The van der Waals surface area contributed by atoms with Crippen molar-refractivity contribution in [3.05, 3.63) is 100 Å². The van der Waals surface area contributed by atoms with E-state index in [1.165, 1.54) is 12.1 Å². The van der Waals surface area contributed by atoms with Gasteiger partial charge < -0.3 is 10.2 Å². The molecule has 0 radical (unpaired) electrons. The SMILES string of the molecule is CC(C)NC(=O)[C@H](Cc1ccccc1)N(Cc1ccc(Br)cc1)C(=O)CCCN1C(=O)c2ccccc2S1(=O)=O. The monoisotopic (exact) mass is 625 g/mol. The van der Waals surface area contributed by atoms with E-state index in [1.54, 1.807) is 17.0 Å². The highest BCUT2D eigenvalue weighted by molar-refractivity contribution is 9.10. The number of sulfonamides is 1. The van der Waals surface area contributed by atoms with E-state index in [2.05, 4.69) is 21.2 Å². The van der Waals surface area contributed by atoms with Gasteiger partial charge in [-0.2, -0.15) is 0 Å². The Hall–Kier alpha value is -3.50. The van der Waals surface area contributed by atoms with E-state index in [0.717, 1.165) is 19.9 Å². The molecule has 1 atom stereocenters. The molecule has 0 bridgehead atoms. The second kappa shape index (κ2) is 12.8. The Morgan fingerprint density at radius 3 is 2.23 bits per heavy atom. The fourth-order valence-electron chi connectivity index (χ4n) is 4.69. The van der Waals surface area contributed by atoms with E-state index in [1.807, 2.05) is 68.4 Å². The van der Waals surface area contributed by atoms with Crippen molar-refractivity contribution >= 4 is 43.7 Å². The van der Waals surface area contributed by atoms with Gasteiger partial charge in [0.05, 0.1) is 5.56 Å². The molecular weight excluding hydrogens is 594 g/mol. The molecule has 10 heteroatoms. The predicted molar refractivity (Wildman–Crippen MR) is 156 cm³/mol. The molecule has 3 aromatic rings. The van der Waals surface area contributed by atoms with Gasteiger partial charge in [-0.05, 0) is 55.7 Å². The lowest BCUT2D eigenvalue weighted by molar-refractivity contribution is -0.141. The molecule has 8 nitrogen and oxygen atoms in total. The molecule has 3 amide bonds. The third-order valence-corrected chi connectivity index (χ3v) is 9.00. The van der Waals surface area contributed by atoms with Crippen LogP contribution in [-0.4, -0.2) is 54.0 Å². The van der Waals surface area contributed by atoms with E-state index in [-0.39, 0.29) is 54.2 Å². The zero-order chi connectivity index (χ0) is 28.9. The lowest BCUT2D eigenvalue weighted by Crippen LogP contribution is -2.51. The number of amides is 3. The summed E-state index contributed by atoms with van der Waals surface area (Å²) in [6.45, 7) is 3.80. The number of fused-ring (bicyclic) bond motifs is 1. The Morgan fingerprint density at radius 2 is 1.57 bits per heavy atom. The number of benzene rings is 3. The minimum Gasteiger partial charge on any atom is -0.352 e. The highest BCUT2D eigenvalue weighted by Gasteiger charge is 2.40. The predicted octanol–water partition coefficient (Wildman–Crippen LogP) is 4.54. The molecular formula is C30H32BrN3O5S. The highest BCUT2D eigenvalue weighted by atomic mass is 79.9. The summed E-state index contributed by atoms with van der Waals surface area (Å²) >= 11 is 3.43. The van der Waals surface area contributed by atoms with E-state index in [0.29, 0.717) is 6.42 Å². The van der Waals surface area contributed by atoms with Crippen LogP contribution in [0.1, 0.15) is 48.2 Å². The molecule has 0 saturated carbocycles. The molecule has 1 aliphatic heterocycles. The molecule has 0 unspecified atom stereocenters. The third kappa shape index (κ3) is 6.79. The van der Waals surface area contributed by atoms with Crippen molar-refractivity contribution in [1.29, 1.82) is 0 Å². The van der Waals surface area contributed by atoms with E-state index in [9.17, 15) is 22.8 Å². The van der Waals surface area contributed by atoms with E-state index < -0.39 is 22.0 Å². The smallest absolute Gasteiger partial charge is 0.269 e. The fraction of sp³-hybridized carbons (Fsp3) is 0.300. The average molecular weight is 627 g/mol. The number of nitrogens with zero attached hydrogens (tertiary/aromatic N) is 2. The lowest BCUT2D eigenvalue weighted by atomic mass is 10.0. The van der Waals surface area contributed by atoms with Gasteiger partial charge >= 0.3 is 0 Å². The van der Waals surface area contributed by atoms with Crippen molar-refractivity contribution in [3.8, 4) is 0 Å². The van der Waals surface area contributed by atoms with Crippen LogP contribution in [0.25, 0.3) is 0 Å². The molecule has 3 aromatic carbocycles. The summed E-state index contributed by atoms with van der Waals surface area (Å²) in [6, 6.07) is 22.2. The molecule has 40 heavy (non-hydrogen) atoms. The van der Waals surface area contributed by atoms with Crippen molar-refractivity contribution in [3.63, 3.8) is 0 Å². The Kier molecular flexibility index (Phi) is 9.42. The Labute approximate surface area is 243 Å². The molecule has 4 rings (SSSR count). The molecule has 1 heterocycles. The number of carbonyl (C=O) groups is 3. The topological polar surface area (TPSA) is 104 Å². The third-order valence-electron chi connectivity index (χ3n) is 6.63. The highest BCUT2D eigenvalue weighted by Crippen LogP contribution is 2.30. The maximum atomic E-state index is 13.8. The van der Waals surface area contributed by atoms with Crippen LogP contribution in [0.2, 0.25) is 0 Å². The van der Waals surface area contributed by atoms with Crippen molar-refractivity contribution in [2.45, 2.75) is 56.6 Å². The molecule has 1 aliphatic rings. The summed E-state index contributed by atoms with van der Waals surface area (Å²) in [5, 5.41) is 2.95. The van der Waals surface area contributed by atoms with Crippen LogP contribution >= 0.6 is 15.9 Å². The molecule has 1 N–H and O–H groups in total. The first kappa shape index (κ1) is 29.5. The first-order valence-electron chi connectivity index (χ1n) is 13.1. The maximum absolute atomic E-state index is 13.8. The molecule has 210 valence electrons. The summed E-state index contributed by atoms with van der Waals surface area (Å²) in [4.78, 5) is 41.5. The summed E-state index contributed by atoms with van der Waals surface area (Å²) in [6.07, 6.45) is 0.404. The molecule has 0 saturated heterocycles. The minimum absolute atomic E-state index is 0.0172. The zero-order valence-electron chi connectivity index (χ0n) is 22.4. The summed E-state index contributed by atoms with van der Waals surface area (Å²) in [5.41, 5.74) is 1.89. The molecule has 0 aliphatic carbocycles. The van der Waals surface area contributed by atoms with Gasteiger partial charge in [-0.25, -0.2) is 12.7 Å². The number of hydrogen-bond donors (Lipinski definition) is 1. The average Bonchev–Trinajstić information content (AvgIpc) is 3.12.